The van der Waals surface area contributed by atoms with Crippen molar-refractivity contribution in [1.29, 1.82) is 0 Å². The number of carbonyl (C=O) groups excluding carboxylic acids is 1. The van der Waals surface area contributed by atoms with Crippen molar-refractivity contribution < 1.29 is 4.79 Å². The molecule has 2 rings (SSSR count). The Labute approximate surface area is 127 Å². The molecule has 0 fully saturated rings. The molecule has 0 saturated heterocycles. The Morgan fingerprint density at radius 2 is 1.62 bits per heavy atom. The molecule has 1 atom stereocenters. The fourth-order valence-corrected chi connectivity index (χ4v) is 2.44. The van der Waals surface area contributed by atoms with Crippen LogP contribution in [0.3, 0.4) is 0 Å². The van der Waals surface area contributed by atoms with Crippen molar-refractivity contribution in [3.63, 3.8) is 0 Å². The van der Waals surface area contributed by atoms with Crippen LogP contribution in [0.4, 0.5) is 5.69 Å². The zero-order valence-corrected chi connectivity index (χ0v) is 12.6. The summed E-state index contributed by atoms with van der Waals surface area (Å²) in [7, 11) is 0. The van der Waals surface area contributed by atoms with Gasteiger partial charge < -0.3 is 5.32 Å². The van der Waals surface area contributed by atoms with Gasteiger partial charge in [0.15, 0.2) is 0 Å². The highest BCUT2D eigenvalue weighted by Gasteiger charge is 2.18. The van der Waals surface area contributed by atoms with Crippen molar-refractivity contribution >= 4 is 11.6 Å². The second-order valence-corrected chi connectivity index (χ2v) is 5.38. The molecule has 2 aromatic carbocycles. The number of hydrogen-bond donors (Lipinski definition) is 1. The summed E-state index contributed by atoms with van der Waals surface area (Å²) < 4.78 is 0. The molecule has 110 valence electrons. The van der Waals surface area contributed by atoms with Crippen LogP contribution in [-0.4, -0.2) is 5.91 Å². The first kappa shape index (κ1) is 15.3. The maximum absolute atomic E-state index is 12.5. The summed E-state index contributed by atoms with van der Waals surface area (Å²) in [5.41, 5.74) is 2.10. The van der Waals surface area contributed by atoms with Crippen LogP contribution in [0.5, 0.6) is 0 Å². The number of anilines is 1. The van der Waals surface area contributed by atoms with Gasteiger partial charge in [-0.25, -0.2) is 0 Å². The molecule has 2 heteroatoms. The first-order chi connectivity index (χ1) is 10.3. The molecule has 0 saturated carbocycles. The van der Waals surface area contributed by atoms with Gasteiger partial charge in [0.05, 0.1) is 0 Å². The van der Waals surface area contributed by atoms with Crippen LogP contribution in [0.25, 0.3) is 0 Å². The minimum atomic E-state index is 0.0348. The maximum Gasteiger partial charge on any atom is 0.227 e. The van der Waals surface area contributed by atoms with E-state index in [-0.39, 0.29) is 11.8 Å². The lowest BCUT2D eigenvalue weighted by Gasteiger charge is -2.16. The molecular weight excluding hydrogens is 258 g/mol. The summed E-state index contributed by atoms with van der Waals surface area (Å²) in [6.45, 7) is 2.16. The number of para-hydroxylation sites is 1. The highest BCUT2D eigenvalue weighted by molar-refractivity contribution is 5.92. The van der Waals surface area contributed by atoms with E-state index < -0.39 is 0 Å². The third-order valence-corrected chi connectivity index (χ3v) is 3.64. The van der Waals surface area contributed by atoms with E-state index in [9.17, 15) is 4.79 Å². The molecule has 0 heterocycles. The standard InChI is InChI=1S/C19H23NO/c1-2-3-12-17(15-16-10-6-4-7-11-16)19(21)20-18-13-8-5-9-14-18/h4-11,13-14,17H,2-3,12,15H2,1H3,(H,20,21). The average molecular weight is 281 g/mol. The highest BCUT2D eigenvalue weighted by Crippen LogP contribution is 2.18. The number of nitrogens with one attached hydrogen (secondary N) is 1. The molecule has 2 aromatic rings. The first-order valence-electron chi connectivity index (χ1n) is 7.69. The molecule has 0 aliphatic carbocycles. The topological polar surface area (TPSA) is 29.1 Å². The fraction of sp³-hybridized carbons (Fsp3) is 0.316. The van der Waals surface area contributed by atoms with Crippen LogP contribution in [0.1, 0.15) is 31.7 Å². The van der Waals surface area contributed by atoms with Crippen LogP contribution >= 0.6 is 0 Å². The summed E-state index contributed by atoms with van der Waals surface area (Å²) in [6.07, 6.45) is 3.94. The van der Waals surface area contributed by atoms with Crippen LogP contribution in [-0.2, 0) is 11.2 Å². The van der Waals surface area contributed by atoms with Gasteiger partial charge in [0, 0.05) is 11.6 Å². The number of carbonyl (C=O) groups is 1. The Bertz CT molecular complexity index is 536. The van der Waals surface area contributed by atoms with E-state index in [0.29, 0.717) is 0 Å². The highest BCUT2D eigenvalue weighted by atomic mass is 16.1. The summed E-state index contributed by atoms with van der Waals surface area (Å²) in [5, 5.41) is 3.03. The lowest BCUT2D eigenvalue weighted by Crippen LogP contribution is -2.24. The Balaban J connectivity index is 2.02. The van der Waals surface area contributed by atoms with Crippen LogP contribution in [0.2, 0.25) is 0 Å². The van der Waals surface area contributed by atoms with Crippen LogP contribution in [0.15, 0.2) is 60.7 Å². The summed E-state index contributed by atoms with van der Waals surface area (Å²) in [5.74, 6) is 0.158. The van der Waals surface area contributed by atoms with Gasteiger partial charge in [0.1, 0.15) is 0 Å². The van der Waals surface area contributed by atoms with E-state index in [4.69, 9.17) is 0 Å². The number of rotatable bonds is 7. The number of benzene rings is 2. The zero-order chi connectivity index (χ0) is 14.9. The number of hydrogen-bond acceptors (Lipinski definition) is 1. The van der Waals surface area contributed by atoms with Crippen molar-refractivity contribution in [2.24, 2.45) is 5.92 Å². The van der Waals surface area contributed by atoms with E-state index in [2.05, 4.69) is 24.4 Å². The normalized spacial score (nSPS) is 11.9. The third kappa shape index (κ3) is 5.07. The van der Waals surface area contributed by atoms with Gasteiger partial charge in [0.2, 0.25) is 5.91 Å². The molecule has 1 amide bonds. The number of unbranched alkanes of at least 4 members (excludes halogenated alkanes) is 1. The van der Waals surface area contributed by atoms with Crippen molar-refractivity contribution in [3.8, 4) is 0 Å². The molecular formula is C19H23NO. The lowest BCUT2D eigenvalue weighted by atomic mass is 9.93. The van der Waals surface area contributed by atoms with Crippen LogP contribution < -0.4 is 5.32 Å². The van der Waals surface area contributed by atoms with E-state index in [1.165, 1.54) is 5.56 Å². The Morgan fingerprint density at radius 1 is 1.00 bits per heavy atom. The van der Waals surface area contributed by atoms with E-state index >= 15 is 0 Å². The van der Waals surface area contributed by atoms with Gasteiger partial charge in [-0.2, -0.15) is 0 Å². The maximum atomic E-state index is 12.5. The minimum Gasteiger partial charge on any atom is -0.326 e. The molecule has 0 bridgehead atoms. The molecule has 2 nitrogen and oxygen atoms in total. The Hall–Kier alpha value is -2.09. The minimum absolute atomic E-state index is 0.0348. The van der Waals surface area contributed by atoms with Gasteiger partial charge in [-0.05, 0) is 30.5 Å². The van der Waals surface area contributed by atoms with Gasteiger partial charge in [0.25, 0.3) is 0 Å². The monoisotopic (exact) mass is 281 g/mol. The zero-order valence-electron chi connectivity index (χ0n) is 12.6. The fourth-order valence-electron chi connectivity index (χ4n) is 2.44. The van der Waals surface area contributed by atoms with Gasteiger partial charge in [-0.1, -0.05) is 68.3 Å². The lowest BCUT2D eigenvalue weighted by molar-refractivity contribution is -0.120. The average Bonchev–Trinajstić information content (AvgIpc) is 2.53. The van der Waals surface area contributed by atoms with Crippen molar-refractivity contribution in [2.75, 3.05) is 5.32 Å². The van der Waals surface area contributed by atoms with E-state index in [1.807, 2.05) is 48.5 Å². The van der Waals surface area contributed by atoms with Gasteiger partial charge >= 0.3 is 0 Å². The molecule has 21 heavy (non-hydrogen) atoms. The number of amides is 1. The largest absolute Gasteiger partial charge is 0.326 e. The molecule has 0 aromatic heterocycles. The first-order valence-corrected chi connectivity index (χ1v) is 7.69. The molecule has 0 radical (unpaired) electrons. The van der Waals surface area contributed by atoms with Crippen LogP contribution in [0, 0.1) is 5.92 Å². The quantitative estimate of drug-likeness (QED) is 0.784. The molecule has 0 aliphatic rings. The molecule has 1 N–H and O–H groups in total. The van der Waals surface area contributed by atoms with Crippen molar-refractivity contribution in [3.05, 3.63) is 66.2 Å². The van der Waals surface area contributed by atoms with Crippen molar-refractivity contribution in [1.82, 2.24) is 0 Å². The molecule has 0 aliphatic heterocycles. The SMILES string of the molecule is CCCCC(Cc1ccccc1)C(=O)Nc1ccccc1. The molecule has 1 unspecified atom stereocenters. The van der Waals surface area contributed by atoms with E-state index in [0.717, 1.165) is 31.4 Å². The second-order valence-electron chi connectivity index (χ2n) is 5.38. The Morgan fingerprint density at radius 3 is 2.24 bits per heavy atom. The predicted octanol–water partition coefficient (Wildman–Crippen LogP) is 4.67. The predicted molar refractivity (Wildman–Crippen MR) is 88.2 cm³/mol. The molecule has 0 spiro atoms. The van der Waals surface area contributed by atoms with Crippen molar-refractivity contribution in [2.45, 2.75) is 32.6 Å². The summed E-state index contributed by atoms with van der Waals surface area (Å²) in [6, 6.07) is 19.9. The Kier molecular flexibility index (Phi) is 6.01. The third-order valence-electron chi connectivity index (χ3n) is 3.64. The van der Waals surface area contributed by atoms with Gasteiger partial charge in [-0.3, -0.25) is 4.79 Å². The van der Waals surface area contributed by atoms with Gasteiger partial charge in [-0.15, -0.1) is 0 Å². The smallest absolute Gasteiger partial charge is 0.227 e. The second kappa shape index (κ2) is 8.25. The summed E-state index contributed by atoms with van der Waals surface area (Å²) in [4.78, 5) is 12.5. The van der Waals surface area contributed by atoms with E-state index in [1.54, 1.807) is 0 Å². The summed E-state index contributed by atoms with van der Waals surface area (Å²) >= 11 is 0.